The van der Waals surface area contributed by atoms with Crippen LogP contribution in [0.3, 0.4) is 0 Å². The number of amides is 1. The lowest BCUT2D eigenvalue weighted by molar-refractivity contribution is -0.134. The Labute approximate surface area is 124 Å². The first-order valence-corrected chi connectivity index (χ1v) is 7.90. The molecule has 0 radical (unpaired) electrons. The fourth-order valence-electron chi connectivity index (χ4n) is 2.24. The predicted octanol–water partition coefficient (Wildman–Crippen LogP) is 0.869. The predicted molar refractivity (Wildman–Crippen MR) is 80.9 cm³/mol. The first kappa shape index (κ1) is 15.2. The van der Waals surface area contributed by atoms with E-state index in [0.29, 0.717) is 13.1 Å². The van der Waals surface area contributed by atoms with E-state index in [9.17, 15) is 4.79 Å². The second-order valence-corrected chi connectivity index (χ2v) is 6.08. The standard InChI is InChI=1S/C13H23N5OS/c1-4-9(2)11(14)12(19)17-5-7-18(8-6-17)13-15-10(3)16-20-13/h9,11H,4-8,14H2,1-3H3. The van der Waals surface area contributed by atoms with Gasteiger partial charge >= 0.3 is 0 Å². The molecule has 1 aliphatic rings. The summed E-state index contributed by atoms with van der Waals surface area (Å²) in [6.07, 6.45) is 0.928. The average molecular weight is 297 g/mol. The smallest absolute Gasteiger partial charge is 0.239 e. The summed E-state index contributed by atoms with van der Waals surface area (Å²) in [5.41, 5.74) is 6.03. The Hall–Kier alpha value is -1.21. The lowest BCUT2D eigenvalue weighted by Crippen LogP contribution is -2.54. The quantitative estimate of drug-likeness (QED) is 0.892. The van der Waals surface area contributed by atoms with E-state index in [1.165, 1.54) is 11.5 Å². The lowest BCUT2D eigenvalue weighted by Gasteiger charge is -2.36. The van der Waals surface area contributed by atoms with Gasteiger partial charge in [0.05, 0.1) is 6.04 Å². The van der Waals surface area contributed by atoms with Crippen LogP contribution in [0.15, 0.2) is 0 Å². The first-order chi connectivity index (χ1) is 9.52. The number of nitrogens with zero attached hydrogens (tertiary/aromatic N) is 4. The van der Waals surface area contributed by atoms with Crippen LogP contribution in [0.2, 0.25) is 0 Å². The highest BCUT2D eigenvalue weighted by Crippen LogP contribution is 2.19. The van der Waals surface area contributed by atoms with E-state index in [1.54, 1.807) is 0 Å². The summed E-state index contributed by atoms with van der Waals surface area (Å²) in [4.78, 5) is 20.7. The Kier molecular flexibility index (Phi) is 4.93. The summed E-state index contributed by atoms with van der Waals surface area (Å²) in [5, 5.41) is 0.945. The highest BCUT2D eigenvalue weighted by Gasteiger charge is 2.28. The number of nitrogens with two attached hydrogens (primary N) is 1. The van der Waals surface area contributed by atoms with Gasteiger partial charge in [0.2, 0.25) is 11.0 Å². The van der Waals surface area contributed by atoms with Crippen molar-refractivity contribution in [3.63, 3.8) is 0 Å². The minimum absolute atomic E-state index is 0.0763. The van der Waals surface area contributed by atoms with Gasteiger partial charge in [0, 0.05) is 37.7 Å². The summed E-state index contributed by atoms with van der Waals surface area (Å²) in [7, 11) is 0. The van der Waals surface area contributed by atoms with Gasteiger partial charge in [-0.1, -0.05) is 20.3 Å². The third-order valence-corrected chi connectivity index (χ3v) is 4.79. The number of piperazine rings is 1. The van der Waals surface area contributed by atoms with Crippen molar-refractivity contribution in [1.29, 1.82) is 0 Å². The van der Waals surface area contributed by atoms with Crippen LogP contribution in [0.5, 0.6) is 0 Å². The average Bonchev–Trinajstić information content (AvgIpc) is 2.91. The van der Waals surface area contributed by atoms with Gasteiger partial charge in [-0.05, 0) is 12.8 Å². The van der Waals surface area contributed by atoms with Crippen LogP contribution in [-0.4, -0.2) is 52.4 Å². The van der Waals surface area contributed by atoms with Crippen LogP contribution in [0.25, 0.3) is 0 Å². The molecule has 0 saturated carbocycles. The number of carbonyl (C=O) groups is 1. The van der Waals surface area contributed by atoms with E-state index in [4.69, 9.17) is 5.73 Å². The molecule has 6 nitrogen and oxygen atoms in total. The van der Waals surface area contributed by atoms with Crippen molar-refractivity contribution in [3.05, 3.63) is 5.82 Å². The molecule has 1 aromatic rings. The molecule has 1 saturated heterocycles. The molecule has 2 heterocycles. The molecular formula is C13H23N5OS. The second kappa shape index (κ2) is 6.49. The molecule has 112 valence electrons. The molecule has 2 N–H and O–H groups in total. The Bertz CT molecular complexity index is 455. The maximum atomic E-state index is 12.3. The molecule has 0 spiro atoms. The minimum Gasteiger partial charge on any atom is -0.343 e. The lowest BCUT2D eigenvalue weighted by atomic mass is 9.98. The Morgan fingerprint density at radius 3 is 2.55 bits per heavy atom. The van der Waals surface area contributed by atoms with Crippen molar-refractivity contribution in [2.75, 3.05) is 31.1 Å². The second-order valence-electron chi connectivity index (χ2n) is 5.35. The number of rotatable bonds is 4. The van der Waals surface area contributed by atoms with E-state index < -0.39 is 0 Å². The third-order valence-electron chi connectivity index (χ3n) is 3.92. The minimum atomic E-state index is -0.379. The molecular weight excluding hydrogens is 274 g/mol. The van der Waals surface area contributed by atoms with Gasteiger partial charge in [-0.3, -0.25) is 4.79 Å². The number of hydrogen-bond donors (Lipinski definition) is 1. The summed E-state index contributed by atoms with van der Waals surface area (Å²) < 4.78 is 4.20. The van der Waals surface area contributed by atoms with Crippen molar-refractivity contribution in [2.24, 2.45) is 11.7 Å². The van der Waals surface area contributed by atoms with Gasteiger partial charge in [-0.2, -0.15) is 4.37 Å². The van der Waals surface area contributed by atoms with Crippen molar-refractivity contribution in [1.82, 2.24) is 14.3 Å². The number of anilines is 1. The Morgan fingerprint density at radius 2 is 2.05 bits per heavy atom. The summed E-state index contributed by atoms with van der Waals surface area (Å²) >= 11 is 1.42. The van der Waals surface area contributed by atoms with Crippen molar-refractivity contribution in [2.45, 2.75) is 33.2 Å². The molecule has 0 bridgehead atoms. The number of hydrogen-bond acceptors (Lipinski definition) is 6. The molecule has 7 heteroatoms. The molecule has 2 unspecified atom stereocenters. The van der Waals surface area contributed by atoms with Crippen molar-refractivity contribution in [3.8, 4) is 0 Å². The van der Waals surface area contributed by atoms with Gasteiger partial charge in [-0.15, -0.1) is 0 Å². The maximum absolute atomic E-state index is 12.3. The van der Waals surface area contributed by atoms with Gasteiger partial charge in [0.25, 0.3) is 0 Å². The number of aromatic nitrogens is 2. The van der Waals surface area contributed by atoms with Gasteiger partial charge < -0.3 is 15.5 Å². The van der Waals surface area contributed by atoms with E-state index in [-0.39, 0.29) is 17.9 Å². The summed E-state index contributed by atoms with van der Waals surface area (Å²) in [6.45, 7) is 9.01. The van der Waals surface area contributed by atoms with E-state index in [0.717, 1.165) is 30.5 Å². The zero-order valence-corrected chi connectivity index (χ0v) is 13.2. The van der Waals surface area contributed by atoms with Crippen LogP contribution in [-0.2, 0) is 4.79 Å². The van der Waals surface area contributed by atoms with E-state index >= 15 is 0 Å². The molecule has 20 heavy (non-hydrogen) atoms. The highest BCUT2D eigenvalue weighted by molar-refractivity contribution is 7.09. The van der Waals surface area contributed by atoms with E-state index in [2.05, 4.69) is 21.2 Å². The molecule has 2 rings (SSSR count). The normalized spacial score (nSPS) is 19.0. The van der Waals surface area contributed by atoms with Crippen LogP contribution in [0, 0.1) is 12.8 Å². The SMILES string of the molecule is CCC(C)C(N)C(=O)N1CCN(c2nc(C)ns2)CC1. The van der Waals surface area contributed by atoms with Crippen molar-refractivity contribution < 1.29 is 4.79 Å². The summed E-state index contributed by atoms with van der Waals surface area (Å²) in [6, 6.07) is -0.379. The number of aryl methyl sites for hydroxylation is 1. The molecule has 1 amide bonds. The van der Waals surface area contributed by atoms with E-state index in [1.807, 2.05) is 18.7 Å². The fraction of sp³-hybridized carbons (Fsp3) is 0.769. The van der Waals surface area contributed by atoms with Crippen LogP contribution < -0.4 is 10.6 Å². The molecule has 1 aromatic heterocycles. The molecule has 1 aliphatic heterocycles. The summed E-state index contributed by atoms with van der Waals surface area (Å²) in [5.74, 6) is 1.11. The molecule has 2 atom stereocenters. The molecule has 1 fully saturated rings. The third kappa shape index (κ3) is 3.27. The van der Waals surface area contributed by atoms with Crippen LogP contribution >= 0.6 is 11.5 Å². The highest BCUT2D eigenvalue weighted by atomic mass is 32.1. The van der Waals surface area contributed by atoms with Crippen LogP contribution in [0.4, 0.5) is 5.13 Å². The monoisotopic (exact) mass is 297 g/mol. The Balaban J connectivity index is 1.89. The van der Waals surface area contributed by atoms with Gasteiger partial charge in [0.15, 0.2) is 0 Å². The topological polar surface area (TPSA) is 75.4 Å². The van der Waals surface area contributed by atoms with Crippen LogP contribution in [0.1, 0.15) is 26.1 Å². The van der Waals surface area contributed by atoms with Crippen molar-refractivity contribution >= 4 is 22.6 Å². The fourth-order valence-corrected chi connectivity index (χ4v) is 2.97. The van der Waals surface area contributed by atoms with Gasteiger partial charge in [-0.25, -0.2) is 4.98 Å². The molecule has 0 aromatic carbocycles. The van der Waals surface area contributed by atoms with Gasteiger partial charge in [0.1, 0.15) is 5.82 Å². The Morgan fingerprint density at radius 1 is 1.40 bits per heavy atom. The maximum Gasteiger partial charge on any atom is 0.239 e. The zero-order valence-electron chi connectivity index (χ0n) is 12.4. The first-order valence-electron chi connectivity index (χ1n) is 7.12. The zero-order chi connectivity index (χ0) is 14.7. The molecule has 0 aliphatic carbocycles. The number of carbonyl (C=O) groups excluding carboxylic acids is 1. The largest absolute Gasteiger partial charge is 0.343 e.